The largest absolute Gasteiger partial charge is 0.490 e. The van der Waals surface area contributed by atoms with Crippen molar-refractivity contribution in [3.8, 4) is 11.5 Å². The molecule has 1 aliphatic rings. The van der Waals surface area contributed by atoms with Crippen LogP contribution >= 0.6 is 15.9 Å². The number of rotatable bonds is 8. The van der Waals surface area contributed by atoms with Crippen LogP contribution in [0.25, 0.3) is 0 Å². The van der Waals surface area contributed by atoms with Gasteiger partial charge in [-0.25, -0.2) is 0 Å². The van der Waals surface area contributed by atoms with Gasteiger partial charge in [0, 0.05) is 13.7 Å². The van der Waals surface area contributed by atoms with Gasteiger partial charge >= 0.3 is 0 Å². The van der Waals surface area contributed by atoms with Gasteiger partial charge in [-0.05, 0) is 59.5 Å². The molecule has 1 fully saturated rings. The second kappa shape index (κ2) is 10.4. The Labute approximate surface area is 178 Å². The average Bonchev–Trinajstić information content (AvgIpc) is 2.76. The predicted octanol–water partition coefficient (Wildman–Crippen LogP) is 4.32. The van der Waals surface area contributed by atoms with E-state index < -0.39 is 0 Å². The van der Waals surface area contributed by atoms with E-state index >= 15 is 0 Å². The van der Waals surface area contributed by atoms with E-state index in [-0.39, 0.29) is 24.3 Å². The Hall–Kier alpha value is -2.38. The summed E-state index contributed by atoms with van der Waals surface area (Å²) >= 11 is 3.48. The molecule has 2 aromatic rings. The van der Waals surface area contributed by atoms with E-state index in [0.717, 1.165) is 29.5 Å². The van der Waals surface area contributed by atoms with Crippen LogP contribution in [0.2, 0.25) is 0 Å². The normalized spacial score (nSPS) is 16.3. The fourth-order valence-corrected chi connectivity index (χ4v) is 3.84. The van der Waals surface area contributed by atoms with Gasteiger partial charge in [-0.15, -0.1) is 0 Å². The molecule has 1 aliphatic heterocycles. The van der Waals surface area contributed by atoms with Crippen LogP contribution < -0.4 is 9.47 Å². The van der Waals surface area contributed by atoms with Crippen molar-refractivity contribution in [3.05, 3.63) is 58.1 Å². The molecule has 29 heavy (non-hydrogen) atoms. The van der Waals surface area contributed by atoms with Crippen LogP contribution in [0.1, 0.15) is 40.0 Å². The third kappa shape index (κ3) is 5.16. The first kappa shape index (κ1) is 21.3. The van der Waals surface area contributed by atoms with Crippen molar-refractivity contribution >= 4 is 28.1 Å². The fourth-order valence-electron chi connectivity index (χ4n) is 3.44. The van der Waals surface area contributed by atoms with E-state index in [0.29, 0.717) is 30.8 Å². The minimum atomic E-state index is -0.185. The van der Waals surface area contributed by atoms with Crippen molar-refractivity contribution in [1.29, 1.82) is 0 Å². The number of nitrogens with zero attached hydrogens (tertiary/aromatic N) is 1. The number of hydrogen-bond acceptors (Lipinski definition) is 5. The zero-order valence-electron chi connectivity index (χ0n) is 16.3. The fraction of sp³-hybridized carbons (Fsp3) is 0.364. The summed E-state index contributed by atoms with van der Waals surface area (Å²) in [6, 6.07) is 12.6. The maximum atomic E-state index is 13.3. The molecule has 1 amide bonds. The maximum Gasteiger partial charge on any atom is 0.255 e. The van der Waals surface area contributed by atoms with E-state index in [1.54, 1.807) is 18.2 Å². The number of carbonyl (C=O) groups is 2. The molecule has 0 spiro atoms. The molecular formula is C22H24BrNO5. The van der Waals surface area contributed by atoms with Crippen molar-refractivity contribution in [1.82, 2.24) is 4.90 Å². The highest BCUT2D eigenvalue weighted by molar-refractivity contribution is 9.10. The van der Waals surface area contributed by atoms with Crippen molar-refractivity contribution < 1.29 is 23.8 Å². The Morgan fingerprint density at radius 2 is 1.93 bits per heavy atom. The summed E-state index contributed by atoms with van der Waals surface area (Å²) in [5, 5.41) is 0. The number of methoxy groups -OCH3 is 1. The van der Waals surface area contributed by atoms with Crippen LogP contribution in [0.5, 0.6) is 11.5 Å². The Bertz CT molecular complexity index is 857. The second-order valence-electron chi connectivity index (χ2n) is 6.78. The molecule has 154 valence electrons. The van der Waals surface area contributed by atoms with Crippen molar-refractivity contribution in [2.45, 2.75) is 25.3 Å². The van der Waals surface area contributed by atoms with Crippen molar-refractivity contribution in [2.75, 3.05) is 27.1 Å². The number of piperidine rings is 1. The molecule has 0 radical (unpaired) electrons. The first-order valence-corrected chi connectivity index (χ1v) is 10.3. The van der Waals surface area contributed by atoms with Gasteiger partial charge in [0.1, 0.15) is 18.1 Å². The molecule has 0 aliphatic carbocycles. The highest BCUT2D eigenvalue weighted by Crippen LogP contribution is 2.28. The number of halogens is 1. The molecule has 2 aromatic carbocycles. The summed E-state index contributed by atoms with van der Waals surface area (Å²) in [6.45, 7) is 1.03. The van der Waals surface area contributed by atoms with Gasteiger partial charge in [-0.1, -0.05) is 18.2 Å². The first-order chi connectivity index (χ1) is 14.2. The monoisotopic (exact) mass is 461 g/mol. The number of likely N-dealkylation sites (tertiary alicyclic amines) is 1. The quantitative estimate of drug-likeness (QED) is 0.432. The summed E-state index contributed by atoms with van der Waals surface area (Å²) < 4.78 is 17.2. The number of carbonyl (C=O) groups excluding carboxylic acids is 2. The van der Waals surface area contributed by atoms with Crippen molar-refractivity contribution in [3.63, 3.8) is 0 Å². The molecular weight excluding hydrogens is 438 g/mol. The predicted molar refractivity (Wildman–Crippen MR) is 113 cm³/mol. The van der Waals surface area contributed by atoms with Gasteiger partial charge in [0.15, 0.2) is 13.1 Å². The minimum Gasteiger partial charge on any atom is -0.490 e. The van der Waals surface area contributed by atoms with Gasteiger partial charge in [0.25, 0.3) is 5.91 Å². The van der Waals surface area contributed by atoms with E-state index in [4.69, 9.17) is 14.2 Å². The molecule has 0 saturated carbocycles. The number of benzene rings is 2. The lowest BCUT2D eigenvalue weighted by Gasteiger charge is -2.36. The van der Waals surface area contributed by atoms with E-state index in [1.807, 2.05) is 29.2 Å². The van der Waals surface area contributed by atoms with E-state index in [1.165, 1.54) is 7.11 Å². The van der Waals surface area contributed by atoms with Crippen LogP contribution in [-0.2, 0) is 4.74 Å². The summed E-state index contributed by atoms with van der Waals surface area (Å²) in [6.07, 6.45) is 3.47. The number of para-hydroxylation sites is 1. The Morgan fingerprint density at radius 1 is 1.14 bits per heavy atom. The second-order valence-corrected chi connectivity index (χ2v) is 7.63. The molecule has 1 unspecified atom stereocenters. The summed E-state index contributed by atoms with van der Waals surface area (Å²) in [7, 11) is 1.50. The van der Waals surface area contributed by atoms with Crippen LogP contribution in [-0.4, -0.2) is 50.2 Å². The topological polar surface area (TPSA) is 65.1 Å². The van der Waals surface area contributed by atoms with Gasteiger partial charge in [0.05, 0.1) is 21.6 Å². The van der Waals surface area contributed by atoms with Crippen molar-refractivity contribution in [2.24, 2.45) is 0 Å². The summed E-state index contributed by atoms with van der Waals surface area (Å²) in [4.78, 5) is 26.8. The van der Waals surface area contributed by atoms with E-state index in [9.17, 15) is 9.59 Å². The third-order valence-corrected chi connectivity index (χ3v) is 5.56. The third-order valence-electron chi connectivity index (χ3n) is 4.90. The molecule has 3 rings (SSSR count). The average molecular weight is 462 g/mol. The minimum absolute atomic E-state index is 0.00458. The molecule has 1 atom stereocenters. The Balaban J connectivity index is 1.79. The van der Waals surface area contributed by atoms with Gasteiger partial charge in [0.2, 0.25) is 0 Å². The molecule has 0 aromatic heterocycles. The SMILES string of the molecule is COCOc1cccc(C(=O)N2CCCCC2COc2ccccc2Br)c1C=O. The molecule has 0 bridgehead atoms. The van der Waals surface area contributed by atoms with E-state index in [2.05, 4.69) is 15.9 Å². The first-order valence-electron chi connectivity index (χ1n) is 9.54. The number of hydrogen-bond donors (Lipinski definition) is 0. The Morgan fingerprint density at radius 3 is 2.69 bits per heavy atom. The molecule has 1 heterocycles. The molecule has 1 saturated heterocycles. The van der Waals surface area contributed by atoms with Gasteiger partial charge < -0.3 is 19.1 Å². The van der Waals surface area contributed by atoms with Crippen LogP contribution in [0.15, 0.2) is 46.9 Å². The van der Waals surface area contributed by atoms with Crippen LogP contribution in [0, 0.1) is 0 Å². The molecule has 6 nitrogen and oxygen atoms in total. The highest BCUT2D eigenvalue weighted by Gasteiger charge is 2.30. The number of ether oxygens (including phenoxy) is 3. The lowest BCUT2D eigenvalue weighted by molar-refractivity contribution is 0.0486. The lowest BCUT2D eigenvalue weighted by atomic mass is 9.99. The summed E-state index contributed by atoms with van der Waals surface area (Å²) in [5.41, 5.74) is 0.576. The number of aldehydes is 1. The lowest BCUT2D eigenvalue weighted by Crippen LogP contribution is -2.47. The molecule has 7 heteroatoms. The maximum absolute atomic E-state index is 13.3. The zero-order valence-corrected chi connectivity index (χ0v) is 17.9. The van der Waals surface area contributed by atoms with Gasteiger partial charge in [-0.3, -0.25) is 9.59 Å². The van der Waals surface area contributed by atoms with Crippen LogP contribution in [0.4, 0.5) is 0 Å². The summed E-state index contributed by atoms with van der Waals surface area (Å²) in [5.74, 6) is 0.898. The smallest absolute Gasteiger partial charge is 0.255 e. The highest BCUT2D eigenvalue weighted by atomic mass is 79.9. The molecule has 0 N–H and O–H groups in total. The number of amides is 1. The van der Waals surface area contributed by atoms with Gasteiger partial charge in [-0.2, -0.15) is 0 Å². The zero-order chi connectivity index (χ0) is 20.6. The van der Waals surface area contributed by atoms with Crippen LogP contribution in [0.3, 0.4) is 0 Å². The Kier molecular flexibility index (Phi) is 7.66. The standard InChI is InChI=1S/C22H24BrNO5/c1-27-15-29-20-11-6-8-17(18(20)13-25)22(26)24-12-5-4-7-16(24)14-28-21-10-3-2-9-19(21)23/h2-3,6,8-11,13,16H,4-5,7,12,14-15H2,1H3.